The second-order valence-electron chi connectivity index (χ2n) is 3.30. The van der Waals surface area contributed by atoms with Crippen molar-refractivity contribution in [2.75, 3.05) is 12.0 Å². The zero-order valence-corrected chi connectivity index (χ0v) is 9.99. The molecule has 0 N–H and O–H groups in total. The quantitative estimate of drug-likeness (QED) is 0.682. The van der Waals surface area contributed by atoms with E-state index < -0.39 is 18.4 Å². The van der Waals surface area contributed by atoms with Crippen molar-refractivity contribution in [2.45, 2.75) is 19.3 Å². The summed E-state index contributed by atoms with van der Waals surface area (Å²) in [4.78, 5) is 7.47. The topological polar surface area (TPSA) is 0 Å². The average molecular weight is 239 g/mol. The molecule has 0 atom stereocenters. The summed E-state index contributed by atoms with van der Waals surface area (Å²) in [7, 11) is 0. The molecule has 0 fully saturated rings. The molecule has 0 radical (unpaired) electrons. The van der Waals surface area contributed by atoms with Gasteiger partial charge in [0, 0.05) is 0 Å². The summed E-state index contributed by atoms with van der Waals surface area (Å²) in [5, 5.41) is 0. The second kappa shape index (κ2) is 4.04. The fourth-order valence-electron chi connectivity index (χ4n) is 0.408. The first kappa shape index (κ1) is 9.15. The van der Waals surface area contributed by atoms with Crippen molar-refractivity contribution in [2.24, 2.45) is 0 Å². The molecule has 0 unspecified atom stereocenters. The van der Waals surface area contributed by atoms with E-state index in [0.29, 0.717) is 0 Å². The number of rotatable bonds is 3. The Morgan fingerprint density at radius 3 is 1.88 bits per heavy atom. The Bertz CT molecular complexity index is 56.0. The molecule has 0 heterocycles. The van der Waals surface area contributed by atoms with Crippen LogP contribution in [-0.2, 0) is 0 Å². The van der Waals surface area contributed by atoms with Crippen LogP contribution in [0, 0.1) is 0 Å². The van der Waals surface area contributed by atoms with Crippen LogP contribution in [0.5, 0.6) is 0 Å². The fourth-order valence-corrected chi connectivity index (χ4v) is 8.22. The van der Waals surface area contributed by atoms with Gasteiger partial charge in [-0.15, -0.1) is 0 Å². The van der Waals surface area contributed by atoms with Gasteiger partial charge in [0.25, 0.3) is 0 Å². The minimum atomic E-state index is -1.33. The van der Waals surface area contributed by atoms with Gasteiger partial charge >= 0.3 is 61.4 Å². The molecule has 0 aromatic rings. The van der Waals surface area contributed by atoms with E-state index in [9.17, 15) is 0 Å². The third-order valence-corrected chi connectivity index (χ3v) is 7.70. The van der Waals surface area contributed by atoms with Gasteiger partial charge in [0.05, 0.1) is 0 Å². The van der Waals surface area contributed by atoms with E-state index in [1.807, 2.05) is 11.8 Å². The number of hydrogen-bond donors (Lipinski definition) is 0. The van der Waals surface area contributed by atoms with Crippen molar-refractivity contribution >= 4 is 30.1 Å². The fraction of sp³-hybridized carbons (Fsp3) is 1.00. The molecule has 0 saturated carbocycles. The van der Waals surface area contributed by atoms with Gasteiger partial charge in [-0.1, -0.05) is 0 Å². The SMILES string of the molecule is CSC[CH2][Sn]([CH3])([CH3])[CH3]. The molecule has 2 heteroatoms. The van der Waals surface area contributed by atoms with E-state index in [-0.39, 0.29) is 0 Å². The molecule has 8 heavy (non-hydrogen) atoms. The van der Waals surface area contributed by atoms with Crippen molar-refractivity contribution in [3.8, 4) is 0 Å². The molecule has 0 aromatic heterocycles. The normalized spacial score (nSPS) is 12.0. The Hall–Kier alpha value is 1.15. The standard InChI is InChI=1S/C3H7S.3CH3.Sn/c1-3-4-2;;;;/h1,3H2,2H3;3*1H3;. The van der Waals surface area contributed by atoms with Gasteiger partial charge in [-0.05, 0) is 0 Å². The molecule has 0 aliphatic rings. The van der Waals surface area contributed by atoms with E-state index in [1.54, 1.807) is 0 Å². The molecular formula is C6H16SSn. The van der Waals surface area contributed by atoms with Crippen LogP contribution in [0.25, 0.3) is 0 Å². The zero-order chi connectivity index (χ0) is 6.62. The summed E-state index contributed by atoms with van der Waals surface area (Å²) in [6, 6.07) is 0. The summed E-state index contributed by atoms with van der Waals surface area (Å²) < 4.78 is 1.54. The van der Waals surface area contributed by atoms with Crippen LogP contribution in [0.2, 0.25) is 19.3 Å². The summed E-state index contributed by atoms with van der Waals surface area (Å²) in [5.74, 6) is 1.39. The molecule has 0 aliphatic heterocycles. The predicted octanol–water partition coefficient (Wildman–Crippen LogP) is 2.69. The van der Waals surface area contributed by atoms with Crippen molar-refractivity contribution < 1.29 is 0 Å². The number of thioether (sulfide) groups is 1. The van der Waals surface area contributed by atoms with E-state index in [1.165, 1.54) is 10.2 Å². The summed E-state index contributed by atoms with van der Waals surface area (Å²) in [6.07, 6.45) is 2.19. The van der Waals surface area contributed by atoms with Crippen LogP contribution in [0.4, 0.5) is 0 Å². The predicted molar refractivity (Wildman–Crippen MR) is 46.5 cm³/mol. The van der Waals surface area contributed by atoms with Crippen LogP contribution in [0.1, 0.15) is 0 Å². The monoisotopic (exact) mass is 240 g/mol. The second-order valence-corrected chi connectivity index (χ2v) is 20.3. The van der Waals surface area contributed by atoms with Crippen LogP contribution in [0.3, 0.4) is 0 Å². The third-order valence-electron chi connectivity index (χ3n) is 1.06. The van der Waals surface area contributed by atoms with Gasteiger partial charge in [-0.2, -0.15) is 0 Å². The molecule has 0 rings (SSSR count). The maximum atomic E-state index is 2.49. The molecule has 0 nitrogen and oxygen atoms in total. The molecule has 50 valence electrons. The van der Waals surface area contributed by atoms with Crippen molar-refractivity contribution in [3.63, 3.8) is 0 Å². The van der Waals surface area contributed by atoms with E-state index in [4.69, 9.17) is 0 Å². The van der Waals surface area contributed by atoms with E-state index in [0.717, 1.165) is 0 Å². The molecule has 0 saturated heterocycles. The van der Waals surface area contributed by atoms with Crippen molar-refractivity contribution in [1.29, 1.82) is 0 Å². The van der Waals surface area contributed by atoms with Gasteiger partial charge < -0.3 is 0 Å². The van der Waals surface area contributed by atoms with Crippen molar-refractivity contribution in [3.05, 3.63) is 0 Å². The van der Waals surface area contributed by atoms with Gasteiger partial charge in [0.2, 0.25) is 0 Å². The minimum absolute atomic E-state index is 1.33. The summed E-state index contributed by atoms with van der Waals surface area (Å²) in [6.45, 7) is 0. The Morgan fingerprint density at radius 2 is 1.75 bits per heavy atom. The van der Waals surface area contributed by atoms with Crippen LogP contribution in [-0.4, -0.2) is 30.4 Å². The van der Waals surface area contributed by atoms with E-state index >= 15 is 0 Å². The Labute approximate surface area is 61.3 Å². The molecule has 0 aromatic carbocycles. The Kier molecular flexibility index (Phi) is 4.62. The summed E-state index contributed by atoms with van der Waals surface area (Å²) in [5.41, 5.74) is 0. The Morgan fingerprint density at radius 1 is 1.25 bits per heavy atom. The zero-order valence-electron chi connectivity index (χ0n) is 6.32. The maximum absolute atomic E-state index is 2.49. The first-order valence-corrected chi connectivity index (χ1v) is 15.0. The first-order valence-electron chi connectivity index (χ1n) is 3.05. The van der Waals surface area contributed by atoms with Crippen LogP contribution in [0.15, 0.2) is 0 Å². The number of hydrogen-bond acceptors (Lipinski definition) is 1. The average Bonchev–Trinajstić information content (AvgIpc) is 1.59. The van der Waals surface area contributed by atoms with E-state index in [2.05, 4.69) is 21.1 Å². The van der Waals surface area contributed by atoms with Gasteiger partial charge in [-0.25, -0.2) is 0 Å². The van der Waals surface area contributed by atoms with Crippen LogP contribution >= 0.6 is 11.8 Å². The van der Waals surface area contributed by atoms with Gasteiger partial charge in [0.15, 0.2) is 0 Å². The third kappa shape index (κ3) is 7.15. The molecule has 0 bridgehead atoms. The summed E-state index contributed by atoms with van der Waals surface area (Å²) >= 11 is 0.652. The van der Waals surface area contributed by atoms with Crippen LogP contribution < -0.4 is 0 Å². The first-order chi connectivity index (χ1) is 3.56. The molecule has 0 amide bonds. The Balaban J connectivity index is 3.11. The van der Waals surface area contributed by atoms with Crippen molar-refractivity contribution in [1.82, 2.24) is 0 Å². The molecule has 0 aliphatic carbocycles. The molecular weight excluding hydrogens is 223 g/mol. The molecule has 0 spiro atoms. The van der Waals surface area contributed by atoms with Gasteiger partial charge in [0.1, 0.15) is 0 Å². The van der Waals surface area contributed by atoms with Gasteiger partial charge in [-0.3, -0.25) is 0 Å².